The molecule has 1 unspecified atom stereocenters. The number of fused-ring (bicyclic) bond motifs is 1. The first-order valence-electron chi connectivity index (χ1n) is 10.9. The van der Waals surface area contributed by atoms with Crippen molar-refractivity contribution >= 4 is 28.5 Å². The highest BCUT2D eigenvalue weighted by Crippen LogP contribution is 2.37. The second-order valence-corrected chi connectivity index (χ2v) is 7.91. The van der Waals surface area contributed by atoms with E-state index in [0.29, 0.717) is 11.1 Å². The van der Waals surface area contributed by atoms with Gasteiger partial charge in [0.25, 0.3) is 5.91 Å². The Bertz CT molecular complexity index is 1090. The average molecular weight is 441 g/mol. The van der Waals surface area contributed by atoms with Gasteiger partial charge in [0.1, 0.15) is 17.2 Å². The number of carbonyl (C=O) groups is 2. The summed E-state index contributed by atoms with van der Waals surface area (Å²) in [6, 6.07) is 11.5. The zero-order valence-electron chi connectivity index (χ0n) is 18.6. The van der Waals surface area contributed by atoms with E-state index in [-0.39, 0.29) is 36.6 Å². The number of hydrogen-bond acceptors (Lipinski definition) is 4. The van der Waals surface area contributed by atoms with Crippen LogP contribution in [0.5, 0.6) is 0 Å². The normalized spacial score (nSPS) is 12.2. The van der Waals surface area contributed by atoms with E-state index < -0.39 is 5.97 Å². The van der Waals surface area contributed by atoms with Crippen molar-refractivity contribution in [1.29, 1.82) is 0 Å². The molecule has 1 heterocycles. The van der Waals surface area contributed by atoms with Gasteiger partial charge in [-0.05, 0) is 55.3 Å². The summed E-state index contributed by atoms with van der Waals surface area (Å²) in [4.78, 5) is 22.8. The zero-order chi connectivity index (χ0) is 23.3. The summed E-state index contributed by atoms with van der Waals surface area (Å²) in [6.07, 6.45) is 1.75. The second-order valence-electron chi connectivity index (χ2n) is 7.91. The Morgan fingerprint density at radius 3 is 2.41 bits per heavy atom. The minimum absolute atomic E-state index is 0.0802. The van der Waals surface area contributed by atoms with Crippen molar-refractivity contribution in [2.45, 2.75) is 46.1 Å². The molecule has 0 bridgehead atoms. The van der Waals surface area contributed by atoms with Gasteiger partial charge < -0.3 is 20.2 Å². The topological polar surface area (TPSA) is 91.6 Å². The average Bonchev–Trinajstić information content (AvgIpc) is 3.09. The summed E-state index contributed by atoms with van der Waals surface area (Å²) in [6.45, 7) is 6.29. The number of halogens is 1. The van der Waals surface area contributed by atoms with Gasteiger partial charge in [-0.1, -0.05) is 26.7 Å². The van der Waals surface area contributed by atoms with Crippen LogP contribution in [0.15, 0.2) is 46.9 Å². The Kier molecular flexibility index (Phi) is 7.51. The number of benzene rings is 2. The molecule has 2 aromatic carbocycles. The molecular weight excluding hydrogens is 411 g/mol. The molecule has 0 saturated carbocycles. The van der Waals surface area contributed by atoms with Crippen molar-refractivity contribution in [3.8, 4) is 0 Å². The first-order valence-corrected chi connectivity index (χ1v) is 10.9. The summed E-state index contributed by atoms with van der Waals surface area (Å²) in [5, 5.41) is 15.6. The summed E-state index contributed by atoms with van der Waals surface area (Å²) in [5.41, 5.74) is 2.86. The number of hydrogen-bond donors (Lipinski definition) is 3. The van der Waals surface area contributed by atoms with E-state index in [1.54, 1.807) is 18.2 Å². The van der Waals surface area contributed by atoms with Gasteiger partial charge in [0.05, 0.1) is 12.5 Å². The summed E-state index contributed by atoms with van der Waals surface area (Å²) >= 11 is 0. The molecule has 0 radical (unpaired) electrons. The molecule has 7 heteroatoms. The van der Waals surface area contributed by atoms with E-state index in [9.17, 15) is 14.0 Å². The first-order chi connectivity index (χ1) is 15.3. The van der Waals surface area contributed by atoms with Gasteiger partial charge in [0, 0.05) is 28.7 Å². The lowest BCUT2D eigenvalue weighted by molar-refractivity contribution is -0.136. The third-order valence-corrected chi connectivity index (χ3v) is 5.83. The van der Waals surface area contributed by atoms with Crippen molar-refractivity contribution in [3.05, 3.63) is 65.2 Å². The Labute approximate surface area is 186 Å². The predicted octanol–water partition coefficient (Wildman–Crippen LogP) is 5.67. The van der Waals surface area contributed by atoms with Crippen molar-refractivity contribution in [2.24, 2.45) is 5.92 Å². The number of carboxylic acid groups (broad SMARTS) is 1. The van der Waals surface area contributed by atoms with Gasteiger partial charge in [-0.3, -0.25) is 9.59 Å². The Hall–Kier alpha value is -3.35. The lowest BCUT2D eigenvalue weighted by atomic mass is 9.90. The number of carbonyl (C=O) groups excluding carboxylic acids is 1. The smallest absolute Gasteiger partial charge is 0.305 e. The fraction of sp³-hybridized carbons (Fsp3) is 0.360. The molecule has 170 valence electrons. The lowest BCUT2D eigenvalue weighted by Gasteiger charge is -2.26. The SMILES string of the molecule is CCC(CC)C(Nc1ccc(C(=O)NCCC(=O)O)cc1)c1oc2ccc(F)cc2c1C. The van der Waals surface area contributed by atoms with E-state index >= 15 is 0 Å². The van der Waals surface area contributed by atoms with Crippen molar-refractivity contribution in [3.63, 3.8) is 0 Å². The van der Waals surface area contributed by atoms with Crippen LogP contribution in [0, 0.1) is 18.7 Å². The molecule has 0 saturated heterocycles. The lowest BCUT2D eigenvalue weighted by Crippen LogP contribution is -2.26. The van der Waals surface area contributed by atoms with Crippen LogP contribution in [0.25, 0.3) is 11.0 Å². The minimum atomic E-state index is -0.957. The van der Waals surface area contributed by atoms with Crippen molar-refractivity contribution < 1.29 is 23.5 Å². The van der Waals surface area contributed by atoms with Crippen LogP contribution in [0.3, 0.4) is 0 Å². The number of carboxylic acids is 1. The van der Waals surface area contributed by atoms with Gasteiger partial charge in [-0.15, -0.1) is 0 Å². The summed E-state index contributed by atoms with van der Waals surface area (Å²) in [5.74, 6) is -0.490. The third kappa shape index (κ3) is 5.28. The van der Waals surface area contributed by atoms with Crippen LogP contribution in [-0.4, -0.2) is 23.5 Å². The summed E-state index contributed by atoms with van der Waals surface area (Å²) < 4.78 is 19.9. The van der Waals surface area contributed by atoms with Gasteiger partial charge in [0.2, 0.25) is 0 Å². The van der Waals surface area contributed by atoms with E-state index in [4.69, 9.17) is 9.52 Å². The second kappa shape index (κ2) is 10.3. The molecule has 3 N–H and O–H groups in total. The van der Waals surface area contributed by atoms with E-state index in [1.165, 1.54) is 12.1 Å². The molecular formula is C25H29FN2O4. The first kappa shape index (κ1) is 23.3. The van der Waals surface area contributed by atoms with E-state index in [2.05, 4.69) is 24.5 Å². The fourth-order valence-corrected chi connectivity index (χ4v) is 3.95. The predicted molar refractivity (Wildman–Crippen MR) is 122 cm³/mol. The Morgan fingerprint density at radius 1 is 1.09 bits per heavy atom. The molecule has 1 aromatic heterocycles. The molecule has 1 amide bonds. The molecule has 0 spiro atoms. The van der Waals surface area contributed by atoms with Gasteiger partial charge in [-0.25, -0.2) is 4.39 Å². The number of amides is 1. The number of aryl methyl sites for hydroxylation is 1. The van der Waals surface area contributed by atoms with Crippen LogP contribution in [0.2, 0.25) is 0 Å². The Morgan fingerprint density at radius 2 is 1.78 bits per heavy atom. The molecule has 1 atom stereocenters. The maximum Gasteiger partial charge on any atom is 0.305 e. The highest BCUT2D eigenvalue weighted by molar-refractivity contribution is 5.94. The minimum Gasteiger partial charge on any atom is -0.481 e. The van der Waals surface area contributed by atoms with Crippen molar-refractivity contribution in [2.75, 3.05) is 11.9 Å². The maximum atomic E-state index is 13.8. The largest absolute Gasteiger partial charge is 0.481 e. The molecule has 6 nitrogen and oxygen atoms in total. The molecule has 3 aromatic rings. The van der Waals surface area contributed by atoms with Crippen LogP contribution >= 0.6 is 0 Å². The standard InChI is InChI=1S/C25H29FN2O4/c1-4-16(5-2)23(24-15(3)20-14-18(26)8-11-21(20)32-24)28-19-9-6-17(7-10-19)25(31)27-13-12-22(29)30/h6-11,14,16,23,28H,4-5,12-13H2,1-3H3,(H,27,31)(H,29,30). The van der Waals surface area contributed by atoms with Crippen LogP contribution in [0.1, 0.15) is 60.8 Å². The zero-order valence-corrected chi connectivity index (χ0v) is 18.6. The number of aliphatic carboxylic acids is 1. The molecule has 0 aliphatic carbocycles. The number of rotatable bonds is 10. The Balaban J connectivity index is 1.83. The van der Waals surface area contributed by atoms with Crippen LogP contribution in [0.4, 0.5) is 10.1 Å². The summed E-state index contributed by atoms with van der Waals surface area (Å²) in [7, 11) is 0. The molecule has 3 rings (SSSR count). The van der Waals surface area contributed by atoms with Crippen LogP contribution in [-0.2, 0) is 4.79 Å². The molecule has 0 aliphatic heterocycles. The number of furan rings is 1. The number of anilines is 1. The molecule has 0 fully saturated rings. The monoisotopic (exact) mass is 440 g/mol. The quantitative estimate of drug-likeness (QED) is 0.378. The molecule has 32 heavy (non-hydrogen) atoms. The van der Waals surface area contributed by atoms with E-state index in [0.717, 1.165) is 35.2 Å². The highest BCUT2D eigenvalue weighted by Gasteiger charge is 2.27. The van der Waals surface area contributed by atoms with Gasteiger partial charge in [-0.2, -0.15) is 0 Å². The highest BCUT2D eigenvalue weighted by atomic mass is 19.1. The molecule has 0 aliphatic rings. The number of nitrogens with one attached hydrogen (secondary N) is 2. The van der Waals surface area contributed by atoms with Crippen LogP contribution < -0.4 is 10.6 Å². The third-order valence-electron chi connectivity index (χ3n) is 5.83. The van der Waals surface area contributed by atoms with Gasteiger partial charge >= 0.3 is 5.97 Å². The van der Waals surface area contributed by atoms with Gasteiger partial charge in [0.15, 0.2) is 0 Å². The van der Waals surface area contributed by atoms with Crippen molar-refractivity contribution in [1.82, 2.24) is 5.32 Å². The fourth-order valence-electron chi connectivity index (χ4n) is 3.95. The maximum absolute atomic E-state index is 13.8. The van der Waals surface area contributed by atoms with E-state index in [1.807, 2.05) is 19.1 Å².